The molecule has 0 saturated carbocycles. The van der Waals surface area contributed by atoms with Gasteiger partial charge in [0.05, 0.1) is 26.0 Å². The zero-order valence-corrected chi connectivity index (χ0v) is 11.5. The molecule has 6 nitrogen and oxygen atoms in total. The molecular weight excluding hydrogens is 276 g/mol. The fourth-order valence-corrected chi connectivity index (χ4v) is 2.17. The second-order valence-electron chi connectivity index (χ2n) is 4.38. The van der Waals surface area contributed by atoms with Gasteiger partial charge < -0.3 is 19.7 Å². The Balaban J connectivity index is 2.76. The van der Waals surface area contributed by atoms with Gasteiger partial charge in [0, 0.05) is 0 Å². The van der Waals surface area contributed by atoms with Crippen LogP contribution in [0.15, 0.2) is 24.3 Å². The molecular formula is C15H14O6. The van der Waals surface area contributed by atoms with E-state index in [2.05, 4.69) is 9.47 Å². The lowest BCUT2D eigenvalue weighted by Crippen LogP contribution is -2.12. The molecule has 21 heavy (non-hydrogen) atoms. The van der Waals surface area contributed by atoms with Crippen LogP contribution in [0, 0.1) is 0 Å². The van der Waals surface area contributed by atoms with Gasteiger partial charge in [0.25, 0.3) is 0 Å². The van der Waals surface area contributed by atoms with Gasteiger partial charge in [0.1, 0.15) is 17.1 Å². The molecule has 0 spiro atoms. The van der Waals surface area contributed by atoms with Gasteiger partial charge in [-0.15, -0.1) is 0 Å². The van der Waals surface area contributed by atoms with Crippen molar-refractivity contribution in [1.29, 1.82) is 0 Å². The lowest BCUT2D eigenvalue weighted by atomic mass is 9.96. The molecule has 110 valence electrons. The van der Waals surface area contributed by atoms with Crippen molar-refractivity contribution < 1.29 is 29.3 Å². The van der Waals surface area contributed by atoms with Crippen molar-refractivity contribution in [2.75, 3.05) is 14.2 Å². The third-order valence-corrected chi connectivity index (χ3v) is 3.15. The van der Waals surface area contributed by atoms with E-state index in [0.717, 1.165) is 0 Å². The van der Waals surface area contributed by atoms with Crippen molar-refractivity contribution in [1.82, 2.24) is 0 Å². The Hall–Kier alpha value is -2.76. The number of ether oxygens (including phenoxy) is 2. The second-order valence-corrected chi connectivity index (χ2v) is 4.38. The number of hydrogen-bond donors (Lipinski definition) is 2. The van der Waals surface area contributed by atoms with Crippen LogP contribution in [0.2, 0.25) is 0 Å². The van der Waals surface area contributed by atoms with E-state index in [4.69, 9.17) is 0 Å². The maximum absolute atomic E-state index is 11.9. The summed E-state index contributed by atoms with van der Waals surface area (Å²) >= 11 is 0. The van der Waals surface area contributed by atoms with Crippen molar-refractivity contribution in [3.63, 3.8) is 0 Å². The van der Waals surface area contributed by atoms with Crippen LogP contribution in [0.1, 0.15) is 15.9 Å². The number of phenols is 2. The van der Waals surface area contributed by atoms with Crippen LogP contribution < -0.4 is 0 Å². The molecule has 0 aliphatic heterocycles. The average Bonchev–Trinajstić information content (AvgIpc) is 2.46. The van der Waals surface area contributed by atoms with Gasteiger partial charge in [0.15, 0.2) is 0 Å². The molecule has 0 fully saturated rings. The smallest absolute Gasteiger partial charge is 0.341 e. The topological polar surface area (TPSA) is 93.1 Å². The van der Waals surface area contributed by atoms with E-state index >= 15 is 0 Å². The van der Waals surface area contributed by atoms with E-state index in [-0.39, 0.29) is 28.7 Å². The van der Waals surface area contributed by atoms with Gasteiger partial charge in [0.2, 0.25) is 0 Å². The van der Waals surface area contributed by atoms with Crippen molar-refractivity contribution in [2.45, 2.75) is 6.42 Å². The Bertz CT molecular complexity index is 720. The number of methoxy groups -OCH3 is 2. The molecule has 0 atom stereocenters. The highest BCUT2D eigenvalue weighted by molar-refractivity contribution is 6.05. The van der Waals surface area contributed by atoms with Gasteiger partial charge >= 0.3 is 11.9 Å². The quantitative estimate of drug-likeness (QED) is 0.837. The highest BCUT2D eigenvalue weighted by Gasteiger charge is 2.23. The van der Waals surface area contributed by atoms with Gasteiger partial charge in [-0.05, 0) is 23.1 Å². The summed E-state index contributed by atoms with van der Waals surface area (Å²) in [5.41, 5.74) is 0.112. The van der Waals surface area contributed by atoms with Crippen molar-refractivity contribution in [3.8, 4) is 11.5 Å². The van der Waals surface area contributed by atoms with E-state index in [0.29, 0.717) is 5.39 Å². The maximum Gasteiger partial charge on any atom is 0.341 e. The summed E-state index contributed by atoms with van der Waals surface area (Å²) < 4.78 is 9.21. The van der Waals surface area contributed by atoms with Crippen molar-refractivity contribution in [2.24, 2.45) is 0 Å². The monoisotopic (exact) mass is 290 g/mol. The number of carbonyl (C=O) groups excluding carboxylic acids is 2. The number of phenolic OH excluding ortho intramolecular Hbond substituents is 2. The Morgan fingerprint density at radius 3 is 2.48 bits per heavy atom. The van der Waals surface area contributed by atoms with E-state index in [1.807, 2.05) is 0 Å². The molecule has 2 rings (SSSR count). The van der Waals surface area contributed by atoms with E-state index in [9.17, 15) is 19.8 Å². The number of carbonyl (C=O) groups is 2. The predicted molar refractivity (Wildman–Crippen MR) is 74.3 cm³/mol. The lowest BCUT2D eigenvalue weighted by Gasteiger charge is -2.13. The summed E-state index contributed by atoms with van der Waals surface area (Å²) in [5, 5.41) is 20.8. The summed E-state index contributed by atoms with van der Waals surface area (Å²) in [7, 11) is 2.39. The highest BCUT2D eigenvalue weighted by atomic mass is 16.5. The van der Waals surface area contributed by atoms with Gasteiger partial charge in [-0.3, -0.25) is 4.79 Å². The summed E-state index contributed by atoms with van der Waals surface area (Å²) in [6.45, 7) is 0. The molecule has 6 heteroatoms. The first kappa shape index (κ1) is 14.6. The third kappa shape index (κ3) is 2.60. The third-order valence-electron chi connectivity index (χ3n) is 3.15. The van der Waals surface area contributed by atoms with Gasteiger partial charge in [-0.1, -0.05) is 12.1 Å². The zero-order chi connectivity index (χ0) is 15.6. The molecule has 0 amide bonds. The number of rotatable bonds is 3. The van der Waals surface area contributed by atoms with Crippen LogP contribution in [0.25, 0.3) is 10.8 Å². The number of fused-ring (bicyclic) bond motifs is 1. The number of hydrogen-bond acceptors (Lipinski definition) is 6. The fourth-order valence-electron chi connectivity index (χ4n) is 2.17. The molecule has 0 heterocycles. The van der Waals surface area contributed by atoms with Crippen LogP contribution in [-0.2, 0) is 20.7 Å². The molecule has 0 saturated heterocycles. The van der Waals surface area contributed by atoms with Crippen LogP contribution in [0.3, 0.4) is 0 Å². The van der Waals surface area contributed by atoms with Crippen LogP contribution in [-0.4, -0.2) is 36.4 Å². The minimum absolute atomic E-state index is 0.131. The lowest BCUT2D eigenvalue weighted by molar-refractivity contribution is -0.139. The normalized spacial score (nSPS) is 10.4. The summed E-state index contributed by atoms with van der Waals surface area (Å²) in [6.07, 6.45) is -0.194. The molecule has 0 aliphatic carbocycles. The maximum atomic E-state index is 11.9. The summed E-state index contributed by atoms with van der Waals surface area (Å²) in [5.74, 6) is -1.94. The summed E-state index contributed by atoms with van der Waals surface area (Å²) in [6, 6.07) is 6.18. The second kappa shape index (κ2) is 5.70. The molecule has 0 bridgehead atoms. The largest absolute Gasteiger partial charge is 0.507 e. The molecule has 2 N–H and O–H groups in total. The standard InChI is InChI=1S/C15H14O6/c1-20-11(17)7-9-6-8-4-3-5-10(16)12(8)14(18)13(9)15(19)21-2/h3-6,16,18H,7H2,1-2H3. The number of benzene rings is 2. The molecule has 0 aromatic heterocycles. The SMILES string of the molecule is COC(=O)Cc1cc2cccc(O)c2c(O)c1C(=O)OC. The fraction of sp³-hybridized carbons (Fsp3) is 0.200. The Labute approximate surface area is 120 Å². The Morgan fingerprint density at radius 2 is 1.86 bits per heavy atom. The number of aromatic hydroxyl groups is 2. The average molecular weight is 290 g/mol. The zero-order valence-electron chi connectivity index (χ0n) is 11.5. The van der Waals surface area contributed by atoms with E-state index in [1.165, 1.54) is 26.4 Å². The first-order valence-electron chi connectivity index (χ1n) is 6.11. The first-order chi connectivity index (χ1) is 9.99. The number of esters is 2. The minimum Gasteiger partial charge on any atom is -0.507 e. The Kier molecular flexibility index (Phi) is 3.98. The first-order valence-corrected chi connectivity index (χ1v) is 6.11. The van der Waals surface area contributed by atoms with Crippen LogP contribution in [0.4, 0.5) is 0 Å². The highest BCUT2D eigenvalue weighted by Crippen LogP contribution is 2.37. The van der Waals surface area contributed by atoms with Crippen molar-refractivity contribution in [3.05, 3.63) is 35.4 Å². The molecule has 0 radical (unpaired) electrons. The van der Waals surface area contributed by atoms with Crippen molar-refractivity contribution >= 4 is 22.7 Å². The van der Waals surface area contributed by atoms with Gasteiger partial charge in [-0.25, -0.2) is 4.79 Å². The molecule has 2 aromatic rings. The van der Waals surface area contributed by atoms with Crippen LogP contribution in [0.5, 0.6) is 11.5 Å². The van der Waals surface area contributed by atoms with E-state index in [1.54, 1.807) is 12.1 Å². The van der Waals surface area contributed by atoms with Gasteiger partial charge in [-0.2, -0.15) is 0 Å². The molecule has 0 aliphatic rings. The van der Waals surface area contributed by atoms with Crippen LogP contribution >= 0.6 is 0 Å². The molecule has 0 unspecified atom stereocenters. The Morgan fingerprint density at radius 1 is 1.14 bits per heavy atom. The molecule has 2 aromatic carbocycles. The van der Waals surface area contributed by atoms with E-state index < -0.39 is 17.7 Å². The minimum atomic E-state index is -0.795. The summed E-state index contributed by atoms with van der Waals surface area (Å²) in [4.78, 5) is 23.3. The predicted octanol–water partition coefficient (Wildman–Crippen LogP) is 1.75.